The predicted molar refractivity (Wildman–Crippen MR) is 118 cm³/mol. The van der Waals surface area contributed by atoms with Gasteiger partial charge in [0.2, 0.25) is 11.7 Å². The second-order valence-electron chi connectivity index (χ2n) is 7.60. The Bertz CT molecular complexity index is 1120. The van der Waals surface area contributed by atoms with Crippen molar-refractivity contribution in [2.75, 3.05) is 6.54 Å². The smallest absolute Gasteiger partial charge is 0.351 e. The average molecular weight is 497 g/mol. The van der Waals surface area contributed by atoms with Crippen LogP contribution in [0.25, 0.3) is 11.1 Å². The molecule has 0 aliphatic carbocycles. The number of hydrogen-bond acceptors (Lipinski definition) is 5. The molecule has 11 heteroatoms. The molecule has 0 radical (unpaired) electrons. The predicted octanol–water partition coefficient (Wildman–Crippen LogP) is 5.47. The monoisotopic (exact) mass is 496 g/mol. The molecule has 0 fully saturated rings. The van der Waals surface area contributed by atoms with Gasteiger partial charge >= 0.3 is 6.18 Å². The number of nitrogens with zero attached hydrogens (tertiary/aromatic N) is 3. The van der Waals surface area contributed by atoms with Gasteiger partial charge in [-0.05, 0) is 67.8 Å². The summed E-state index contributed by atoms with van der Waals surface area (Å²) >= 11 is 1.32. The van der Waals surface area contributed by atoms with Crippen molar-refractivity contribution in [1.82, 2.24) is 19.6 Å². The first kappa shape index (κ1) is 25.6. The quantitative estimate of drug-likeness (QED) is 0.331. The van der Waals surface area contributed by atoms with Crippen molar-refractivity contribution < 1.29 is 26.7 Å². The van der Waals surface area contributed by atoms with Gasteiger partial charge in [-0.15, -0.1) is 0 Å². The van der Waals surface area contributed by atoms with Crippen molar-refractivity contribution in [1.29, 1.82) is 0 Å². The van der Waals surface area contributed by atoms with E-state index in [1.54, 1.807) is 12.1 Å². The molecule has 3 aromatic rings. The Morgan fingerprint density at radius 1 is 1.06 bits per heavy atom. The molecule has 1 amide bonds. The minimum atomic E-state index is -4.69. The van der Waals surface area contributed by atoms with Crippen LogP contribution in [0.1, 0.15) is 25.2 Å². The Balaban J connectivity index is 1.64. The van der Waals surface area contributed by atoms with Gasteiger partial charge in [0, 0.05) is 41.0 Å². The number of benzene rings is 2. The van der Waals surface area contributed by atoms with Gasteiger partial charge in [0.25, 0.3) is 0 Å². The Morgan fingerprint density at radius 2 is 1.71 bits per heavy atom. The number of carbonyl (C=O) groups is 1. The fourth-order valence-corrected chi connectivity index (χ4v) is 3.79. The van der Waals surface area contributed by atoms with Gasteiger partial charge in [-0.25, -0.2) is 23.1 Å². The maximum Gasteiger partial charge on any atom is 0.451 e. The molecule has 0 saturated heterocycles. The van der Waals surface area contributed by atoms with Crippen molar-refractivity contribution in [3.05, 3.63) is 77.9 Å². The zero-order valence-electron chi connectivity index (χ0n) is 18.2. The second-order valence-corrected chi connectivity index (χ2v) is 8.72. The maximum atomic E-state index is 14.3. The number of hydrogen-bond donors (Lipinski definition) is 1. The third-order valence-corrected chi connectivity index (χ3v) is 5.92. The molecule has 2 aromatic carbocycles. The molecule has 0 atom stereocenters. The van der Waals surface area contributed by atoms with Crippen LogP contribution in [0.15, 0.2) is 59.8 Å². The summed E-state index contributed by atoms with van der Waals surface area (Å²) in [6.45, 7) is 3.98. The van der Waals surface area contributed by atoms with E-state index in [0.717, 1.165) is 17.3 Å². The number of rotatable bonds is 8. The Hall–Kier alpha value is -3.05. The number of alkyl halides is 3. The summed E-state index contributed by atoms with van der Waals surface area (Å²) in [5.41, 5.74) is 0.656. The highest BCUT2D eigenvalue weighted by atomic mass is 32.2. The van der Waals surface area contributed by atoms with E-state index in [1.807, 2.05) is 18.2 Å². The van der Waals surface area contributed by atoms with Gasteiger partial charge in [0.15, 0.2) is 0 Å². The lowest BCUT2D eigenvalue weighted by atomic mass is 10.0. The molecule has 0 aliphatic heterocycles. The molecule has 0 unspecified atom stereocenters. The molecule has 0 aliphatic rings. The molecule has 1 heterocycles. The number of aromatic nitrogens is 2. The van der Waals surface area contributed by atoms with E-state index in [2.05, 4.69) is 15.3 Å². The van der Waals surface area contributed by atoms with Crippen LogP contribution >= 0.6 is 11.9 Å². The lowest BCUT2D eigenvalue weighted by Gasteiger charge is -2.24. The summed E-state index contributed by atoms with van der Waals surface area (Å²) in [7, 11) is 0. The maximum absolute atomic E-state index is 14.3. The number of nitrogens with one attached hydrogen (secondary N) is 1. The topological polar surface area (TPSA) is 58.1 Å². The van der Waals surface area contributed by atoms with E-state index in [1.165, 1.54) is 42.3 Å². The Morgan fingerprint density at radius 3 is 2.29 bits per heavy atom. The van der Waals surface area contributed by atoms with Gasteiger partial charge < -0.3 is 5.32 Å². The van der Waals surface area contributed by atoms with Crippen LogP contribution in [0.3, 0.4) is 0 Å². The minimum Gasteiger partial charge on any atom is -0.351 e. The number of carbonyl (C=O) groups excluding carboxylic acids is 1. The van der Waals surface area contributed by atoms with Crippen molar-refractivity contribution in [3.8, 4) is 11.1 Å². The van der Waals surface area contributed by atoms with E-state index >= 15 is 0 Å². The SMILES string of the molecule is CC(C)N(CC(=O)NCc1ccc(F)c(-c2cnc(C(F)(F)F)nc2)c1)Sc1ccc(F)cc1. The van der Waals surface area contributed by atoms with Gasteiger partial charge in [-0.2, -0.15) is 13.2 Å². The van der Waals surface area contributed by atoms with E-state index in [4.69, 9.17) is 0 Å². The highest BCUT2D eigenvalue weighted by Gasteiger charge is 2.34. The summed E-state index contributed by atoms with van der Waals surface area (Å²) in [6.07, 6.45) is -2.88. The summed E-state index contributed by atoms with van der Waals surface area (Å²) in [4.78, 5) is 19.8. The van der Waals surface area contributed by atoms with E-state index < -0.39 is 17.8 Å². The molecular formula is C23H21F5N4OS. The highest BCUT2D eigenvalue weighted by molar-refractivity contribution is 7.97. The van der Waals surface area contributed by atoms with Gasteiger partial charge in [-0.1, -0.05) is 6.07 Å². The van der Waals surface area contributed by atoms with Crippen molar-refractivity contribution in [3.63, 3.8) is 0 Å². The van der Waals surface area contributed by atoms with Crippen LogP contribution in [-0.2, 0) is 17.5 Å². The van der Waals surface area contributed by atoms with Gasteiger partial charge in [-0.3, -0.25) is 4.79 Å². The molecular weight excluding hydrogens is 475 g/mol. The summed E-state index contributed by atoms with van der Waals surface area (Å²) in [6, 6.07) is 10.0. The van der Waals surface area contributed by atoms with Crippen molar-refractivity contribution in [2.24, 2.45) is 0 Å². The molecule has 34 heavy (non-hydrogen) atoms. The van der Waals surface area contributed by atoms with Crippen LogP contribution < -0.4 is 5.32 Å². The first-order chi connectivity index (χ1) is 16.0. The van der Waals surface area contributed by atoms with Crippen molar-refractivity contribution in [2.45, 2.75) is 37.5 Å². The summed E-state index contributed by atoms with van der Waals surface area (Å²) in [5, 5.41) is 2.75. The Kier molecular flexibility index (Phi) is 8.21. The molecule has 0 saturated carbocycles. The second kappa shape index (κ2) is 10.9. The molecule has 180 valence electrons. The minimum absolute atomic E-state index is 0.0119. The zero-order chi connectivity index (χ0) is 24.9. The first-order valence-corrected chi connectivity index (χ1v) is 10.9. The molecule has 3 rings (SSSR count). The largest absolute Gasteiger partial charge is 0.451 e. The van der Waals surface area contributed by atoms with Crippen molar-refractivity contribution >= 4 is 17.9 Å². The molecule has 0 spiro atoms. The van der Waals surface area contributed by atoms with Crippen LogP contribution in [0.2, 0.25) is 0 Å². The molecule has 5 nitrogen and oxygen atoms in total. The van der Waals surface area contributed by atoms with Crippen LogP contribution in [0.5, 0.6) is 0 Å². The average Bonchev–Trinajstić information content (AvgIpc) is 2.79. The van der Waals surface area contributed by atoms with E-state index in [9.17, 15) is 26.7 Å². The normalized spacial score (nSPS) is 11.8. The van der Waals surface area contributed by atoms with Crippen LogP contribution in [0, 0.1) is 11.6 Å². The molecule has 1 aromatic heterocycles. The fraction of sp³-hybridized carbons (Fsp3) is 0.261. The van der Waals surface area contributed by atoms with Gasteiger partial charge in [0.05, 0.1) is 6.54 Å². The summed E-state index contributed by atoms with van der Waals surface area (Å²) < 4.78 is 67.2. The molecule has 1 N–H and O–H groups in total. The van der Waals surface area contributed by atoms with E-state index in [-0.39, 0.29) is 42.0 Å². The third-order valence-electron chi connectivity index (χ3n) is 4.65. The third kappa shape index (κ3) is 6.97. The highest BCUT2D eigenvalue weighted by Crippen LogP contribution is 2.28. The lowest BCUT2D eigenvalue weighted by Crippen LogP contribution is -2.36. The summed E-state index contributed by atoms with van der Waals surface area (Å²) in [5.74, 6) is -2.60. The lowest BCUT2D eigenvalue weighted by molar-refractivity contribution is -0.145. The molecule has 0 bridgehead atoms. The van der Waals surface area contributed by atoms with E-state index in [0.29, 0.717) is 5.56 Å². The van der Waals surface area contributed by atoms with Crippen LogP contribution in [-0.4, -0.2) is 32.8 Å². The number of halogens is 5. The number of amides is 1. The van der Waals surface area contributed by atoms with Crippen LogP contribution in [0.4, 0.5) is 22.0 Å². The standard InChI is InChI=1S/C23H21F5N4OS/c1-14(2)32(34-18-6-4-17(24)5-7-18)13-21(33)29-10-15-3-8-20(25)19(9-15)16-11-30-22(31-12-16)23(26,27)28/h3-9,11-12,14H,10,13H2,1-2H3,(H,29,33). The zero-order valence-corrected chi connectivity index (χ0v) is 19.1. The Labute approximate surface area is 197 Å². The fourth-order valence-electron chi connectivity index (χ4n) is 2.87. The van der Waals surface area contributed by atoms with Gasteiger partial charge in [0.1, 0.15) is 11.6 Å². The first-order valence-electron chi connectivity index (χ1n) is 10.2.